The summed E-state index contributed by atoms with van der Waals surface area (Å²) in [5.41, 5.74) is 1.28. The third-order valence-corrected chi connectivity index (χ3v) is 4.17. The van der Waals surface area contributed by atoms with Crippen LogP contribution in [0.5, 0.6) is 5.75 Å². The van der Waals surface area contributed by atoms with Crippen molar-refractivity contribution in [1.29, 1.82) is 0 Å². The molecule has 1 saturated carbocycles. The van der Waals surface area contributed by atoms with Gasteiger partial charge in [-0.25, -0.2) is 0 Å². The third kappa shape index (κ3) is 4.82. The fourth-order valence-corrected chi connectivity index (χ4v) is 2.96. The van der Waals surface area contributed by atoms with Gasteiger partial charge in [-0.1, -0.05) is 38.0 Å². The van der Waals surface area contributed by atoms with Crippen LogP contribution in [-0.4, -0.2) is 12.1 Å². The van der Waals surface area contributed by atoms with Crippen LogP contribution in [0.2, 0.25) is 0 Å². The van der Waals surface area contributed by atoms with Crippen LogP contribution in [0.25, 0.3) is 0 Å². The highest BCUT2D eigenvalue weighted by Crippen LogP contribution is 2.24. The van der Waals surface area contributed by atoms with Gasteiger partial charge in [0, 0.05) is 18.2 Å². The fourth-order valence-electron chi connectivity index (χ4n) is 2.96. The van der Waals surface area contributed by atoms with E-state index in [4.69, 9.17) is 4.74 Å². The second-order valence-corrected chi connectivity index (χ2v) is 6.47. The number of para-hydroxylation sites is 1. The lowest BCUT2D eigenvalue weighted by Gasteiger charge is -2.19. The quantitative estimate of drug-likeness (QED) is 0.797. The zero-order valence-electron chi connectivity index (χ0n) is 13.2. The van der Waals surface area contributed by atoms with Crippen molar-refractivity contribution in [2.75, 3.05) is 0 Å². The molecule has 112 valence electrons. The normalized spacial score (nSPS) is 23.6. The van der Waals surface area contributed by atoms with Crippen LogP contribution < -0.4 is 10.1 Å². The van der Waals surface area contributed by atoms with Gasteiger partial charge in [0.2, 0.25) is 0 Å². The number of rotatable bonds is 5. The van der Waals surface area contributed by atoms with Gasteiger partial charge in [0.25, 0.3) is 0 Å². The summed E-state index contributed by atoms with van der Waals surface area (Å²) in [6.07, 6.45) is 6.98. The first-order chi connectivity index (χ1) is 9.65. The first-order valence-electron chi connectivity index (χ1n) is 8.13. The summed E-state index contributed by atoms with van der Waals surface area (Å²) in [6.45, 7) is 7.46. The van der Waals surface area contributed by atoms with Gasteiger partial charge in [-0.3, -0.25) is 0 Å². The summed E-state index contributed by atoms with van der Waals surface area (Å²) < 4.78 is 5.89. The van der Waals surface area contributed by atoms with Gasteiger partial charge < -0.3 is 10.1 Å². The molecule has 0 bridgehead atoms. The fraction of sp³-hybridized carbons (Fsp3) is 0.667. The molecule has 0 radical (unpaired) electrons. The number of ether oxygens (including phenoxy) is 1. The van der Waals surface area contributed by atoms with Crippen LogP contribution in [0.4, 0.5) is 0 Å². The van der Waals surface area contributed by atoms with Crippen molar-refractivity contribution >= 4 is 0 Å². The molecular formula is C18H29NO. The number of nitrogens with one attached hydrogen (secondary N) is 1. The van der Waals surface area contributed by atoms with Crippen LogP contribution in [-0.2, 0) is 6.54 Å². The molecule has 0 aromatic heterocycles. The van der Waals surface area contributed by atoms with Crippen LogP contribution in [0, 0.1) is 5.92 Å². The maximum absolute atomic E-state index is 5.89. The molecule has 0 saturated heterocycles. The lowest BCUT2D eigenvalue weighted by atomic mass is 10.0. The Hall–Kier alpha value is -1.02. The average molecular weight is 275 g/mol. The van der Waals surface area contributed by atoms with Crippen molar-refractivity contribution in [2.24, 2.45) is 5.92 Å². The second-order valence-electron chi connectivity index (χ2n) is 6.47. The maximum atomic E-state index is 5.89. The Morgan fingerprint density at radius 3 is 2.75 bits per heavy atom. The van der Waals surface area contributed by atoms with E-state index < -0.39 is 0 Å². The van der Waals surface area contributed by atoms with Crippen LogP contribution in [0.3, 0.4) is 0 Å². The molecule has 2 atom stereocenters. The van der Waals surface area contributed by atoms with E-state index in [1.54, 1.807) is 0 Å². The van der Waals surface area contributed by atoms with Gasteiger partial charge in [-0.05, 0) is 45.1 Å². The molecule has 2 heteroatoms. The van der Waals surface area contributed by atoms with Crippen molar-refractivity contribution in [3.63, 3.8) is 0 Å². The Morgan fingerprint density at radius 1 is 1.15 bits per heavy atom. The van der Waals surface area contributed by atoms with E-state index >= 15 is 0 Å². The minimum absolute atomic E-state index is 0.231. The van der Waals surface area contributed by atoms with E-state index in [1.165, 1.54) is 37.7 Å². The Labute approximate surface area is 123 Å². The summed E-state index contributed by atoms with van der Waals surface area (Å²) in [5.74, 6) is 1.93. The maximum Gasteiger partial charge on any atom is 0.124 e. The molecule has 2 nitrogen and oxygen atoms in total. The molecule has 1 aromatic carbocycles. The molecule has 1 aliphatic rings. The van der Waals surface area contributed by atoms with Crippen LogP contribution in [0.15, 0.2) is 24.3 Å². The van der Waals surface area contributed by atoms with Gasteiger partial charge in [0.05, 0.1) is 6.10 Å². The molecular weight excluding hydrogens is 246 g/mol. The molecule has 1 fully saturated rings. The first-order valence-corrected chi connectivity index (χ1v) is 8.13. The largest absolute Gasteiger partial charge is 0.491 e. The number of benzene rings is 1. The molecule has 2 unspecified atom stereocenters. The number of hydrogen-bond acceptors (Lipinski definition) is 2. The minimum Gasteiger partial charge on any atom is -0.491 e. The molecule has 0 aliphatic heterocycles. The highest BCUT2D eigenvalue weighted by atomic mass is 16.5. The van der Waals surface area contributed by atoms with Gasteiger partial charge in [0.15, 0.2) is 0 Å². The lowest BCUT2D eigenvalue weighted by molar-refractivity contribution is 0.239. The highest BCUT2D eigenvalue weighted by Gasteiger charge is 2.16. The summed E-state index contributed by atoms with van der Waals surface area (Å²) in [6, 6.07) is 9.07. The zero-order valence-corrected chi connectivity index (χ0v) is 13.2. The summed E-state index contributed by atoms with van der Waals surface area (Å²) in [7, 11) is 0. The van der Waals surface area contributed by atoms with Crippen LogP contribution in [0.1, 0.15) is 58.4 Å². The van der Waals surface area contributed by atoms with Crippen molar-refractivity contribution in [3.05, 3.63) is 29.8 Å². The van der Waals surface area contributed by atoms with Gasteiger partial charge >= 0.3 is 0 Å². The Morgan fingerprint density at radius 2 is 1.95 bits per heavy atom. The molecule has 0 amide bonds. The Balaban J connectivity index is 1.90. The van der Waals surface area contributed by atoms with E-state index in [9.17, 15) is 0 Å². The van der Waals surface area contributed by atoms with E-state index in [0.717, 1.165) is 18.2 Å². The smallest absolute Gasteiger partial charge is 0.124 e. The topological polar surface area (TPSA) is 21.3 Å². The van der Waals surface area contributed by atoms with Gasteiger partial charge in [-0.15, -0.1) is 0 Å². The van der Waals surface area contributed by atoms with Crippen LogP contribution >= 0.6 is 0 Å². The molecule has 2 rings (SSSR count). The first kappa shape index (κ1) is 15.4. The lowest BCUT2D eigenvalue weighted by Crippen LogP contribution is -2.28. The monoisotopic (exact) mass is 275 g/mol. The number of hydrogen-bond donors (Lipinski definition) is 1. The minimum atomic E-state index is 0.231. The standard InChI is InChI=1S/C18H29NO/c1-14(2)20-18-10-5-4-8-16(18)13-19-17-9-6-7-15(3)11-12-17/h4-5,8,10,14-15,17,19H,6-7,9,11-13H2,1-3H3. The summed E-state index contributed by atoms with van der Waals surface area (Å²) >= 11 is 0. The Kier molecular flexibility index (Phi) is 5.90. The summed E-state index contributed by atoms with van der Waals surface area (Å²) in [5, 5.41) is 3.73. The average Bonchev–Trinajstić information content (AvgIpc) is 2.62. The molecule has 1 aromatic rings. The molecule has 0 heterocycles. The van der Waals surface area contributed by atoms with Crippen molar-refractivity contribution in [2.45, 2.75) is 71.6 Å². The highest BCUT2D eigenvalue weighted by molar-refractivity contribution is 5.33. The van der Waals surface area contributed by atoms with Crippen molar-refractivity contribution in [1.82, 2.24) is 5.32 Å². The molecule has 1 N–H and O–H groups in total. The SMILES string of the molecule is CC1CCCC(NCc2ccccc2OC(C)C)CC1. The van der Waals surface area contributed by atoms with Gasteiger partial charge in [0.1, 0.15) is 5.75 Å². The van der Waals surface area contributed by atoms with Crippen molar-refractivity contribution in [3.8, 4) is 5.75 Å². The van der Waals surface area contributed by atoms with E-state index in [1.807, 2.05) is 0 Å². The van der Waals surface area contributed by atoms with Crippen molar-refractivity contribution < 1.29 is 4.74 Å². The molecule has 1 aliphatic carbocycles. The van der Waals surface area contributed by atoms with E-state index in [0.29, 0.717) is 6.04 Å². The predicted molar refractivity (Wildman–Crippen MR) is 85.1 cm³/mol. The predicted octanol–water partition coefficient (Wildman–Crippen LogP) is 4.53. The second kappa shape index (κ2) is 7.68. The molecule has 20 heavy (non-hydrogen) atoms. The van der Waals surface area contributed by atoms with E-state index in [-0.39, 0.29) is 6.10 Å². The molecule has 0 spiro atoms. The Bertz CT molecular complexity index is 402. The zero-order chi connectivity index (χ0) is 14.4. The van der Waals surface area contributed by atoms with Gasteiger partial charge in [-0.2, -0.15) is 0 Å². The van der Waals surface area contributed by atoms with E-state index in [2.05, 4.69) is 50.4 Å². The summed E-state index contributed by atoms with van der Waals surface area (Å²) in [4.78, 5) is 0. The third-order valence-electron chi connectivity index (χ3n) is 4.17.